The standard InChI is InChI=1S/C38H33N3O4/c1-25(23-42)39-22-29-21-28-12-6-8-17-33(28)36(37(29)43)35-32-16-7-5-11-27(32)18-19-34(35)45-24-26-10-9-15-31(20-26)41-38(44)40-30-13-3-2-4-14-30/h2-22,25,42-43H,23-24H2,1H3,(H2,40,41,44)/p+1/t25-/m1/s1. The van der Waals surface area contributed by atoms with Crippen molar-refractivity contribution >= 4 is 45.2 Å². The van der Waals surface area contributed by atoms with Crippen LogP contribution >= 0.6 is 0 Å². The van der Waals surface area contributed by atoms with Crippen LogP contribution in [0.25, 0.3) is 32.7 Å². The summed E-state index contributed by atoms with van der Waals surface area (Å²) in [6.07, 6.45) is 1.66. The largest absolute Gasteiger partial charge is 0.507 e. The molecule has 0 aromatic heterocycles. The molecule has 1 atom stereocenters. The minimum absolute atomic E-state index is 0.103. The Hall–Kier alpha value is -5.66. The highest BCUT2D eigenvalue weighted by atomic mass is 16.5. The van der Waals surface area contributed by atoms with Crippen molar-refractivity contribution in [1.29, 1.82) is 0 Å². The van der Waals surface area contributed by atoms with E-state index >= 15 is 0 Å². The maximum absolute atomic E-state index is 12.6. The molecule has 0 saturated heterocycles. The lowest BCUT2D eigenvalue weighted by molar-refractivity contribution is 0.262. The summed E-state index contributed by atoms with van der Waals surface area (Å²) in [6, 6.07) is 38.1. The normalized spacial score (nSPS) is 12.0. The average molecular weight is 597 g/mol. The monoisotopic (exact) mass is 596 g/mol. The Balaban J connectivity index is 1.37. The molecule has 224 valence electrons. The molecule has 45 heavy (non-hydrogen) atoms. The molecule has 6 aromatic rings. The van der Waals surface area contributed by atoms with Crippen LogP contribution in [-0.2, 0) is 6.61 Å². The number of phenols is 1. The number of rotatable bonds is 9. The Morgan fingerprint density at radius 2 is 1.47 bits per heavy atom. The van der Waals surface area contributed by atoms with Gasteiger partial charge in [-0.2, -0.15) is 0 Å². The molecule has 6 rings (SSSR count). The van der Waals surface area contributed by atoms with Gasteiger partial charge in [0.1, 0.15) is 24.1 Å². The van der Waals surface area contributed by atoms with Gasteiger partial charge in [-0.05, 0) is 70.4 Å². The molecule has 0 saturated carbocycles. The van der Waals surface area contributed by atoms with Gasteiger partial charge in [-0.3, -0.25) is 4.99 Å². The predicted molar refractivity (Wildman–Crippen MR) is 184 cm³/mol. The molecule has 0 aliphatic rings. The summed E-state index contributed by atoms with van der Waals surface area (Å²) in [5.74, 6) is 0.717. The topological polar surface area (TPSA) is 106 Å². The number of carbonyl (C=O) groups is 1. The number of urea groups is 1. The van der Waals surface area contributed by atoms with Crippen LogP contribution in [0.4, 0.5) is 16.2 Å². The third-order valence-corrected chi connectivity index (χ3v) is 7.57. The van der Waals surface area contributed by atoms with Crippen molar-refractivity contribution in [2.75, 3.05) is 17.2 Å². The van der Waals surface area contributed by atoms with E-state index in [0.717, 1.165) is 32.7 Å². The molecule has 0 aliphatic carbocycles. The average Bonchev–Trinajstić information content (AvgIpc) is 3.07. The first-order chi connectivity index (χ1) is 22.0. The number of carbonyl (C=O) groups excluding carboxylic acids is 1. The molecule has 0 unspecified atom stereocenters. The number of anilines is 2. The number of amides is 2. The second kappa shape index (κ2) is 13.3. The molecule has 7 heteroatoms. The first-order valence-electron chi connectivity index (χ1n) is 14.8. The van der Waals surface area contributed by atoms with E-state index in [2.05, 4.69) is 15.6 Å². The highest BCUT2D eigenvalue weighted by Gasteiger charge is 2.20. The number of nitrogens with zero attached hydrogens (tertiary/aromatic N) is 1. The molecule has 0 heterocycles. The maximum Gasteiger partial charge on any atom is 0.323 e. The molecule has 5 N–H and O–H groups in total. The van der Waals surface area contributed by atoms with Gasteiger partial charge in [0, 0.05) is 34.3 Å². The van der Waals surface area contributed by atoms with Crippen LogP contribution in [0.5, 0.6) is 11.5 Å². The van der Waals surface area contributed by atoms with Gasteiger partial charge in [0.05, 0.1) is 0 Å². The van der Waals surface area contributed by atoms with E-state index in [4.69, 9.17) is 9.84 Å². The van der Waals surface area contributed by atoms with E-state index in [1.54, 1.807) is 6.21 Å². The minimum Gasteiger partial charge on any atom is -0.507 e. The van der Waals surface area contributed by atoms with Gasteiger partial charge in [0.15, 0.2) is 6.61 Å². The van der Waals surface area contributed by atoms with Gasteiger partial charge in [-0.15, -0.1) is 0 Å². The Morgan fingerprint density at radius 1 is 0.800 bits per heavy atom. The first kappa shape index (κ1) is 29.4. The number of fused-ring (bicyclic) bond motifs is 2. The van der Waals surface area contributed by atoms with Crippen molar-refractivity contribution in [1.82, 2.24) is 0 Å². The number of phenolic OH excluding ortho intramolecular Hbond substituents is 1. The second-order valence-corrected chi connectivity index (χ2v) is 10.8. The summed E-state index contributed by atoms with van der Waals surface area (Å²) < 4.78 is 6.50. The fraction of sp³-hybridized carbons (Fsp3) is 0.105. The number of ether oxygens (including phenoxy) is 1. The Morgan fingerprint density at radius 3 is 2.24 bits per heavy atom. The van der Waals surface area contributed by atoms with Crippen molar-refractivity contribution in [2.24, 2.45) is 4.99 Å². The van der Waals surface area contributed by atoms with E-state index in [0.29, 0.717) is 28.3 Å². The quantitative estimate of drug-likeness (QED) is 0.116. The van der Waals surface area contributed by atoms with Gasteiger partial charge in [0.25, 0.3) is 0 Å². The van der Waals surface area contributed by atoms with Crippen LogP contribution < -0.4 is 15.4 Å². The lowest BCUT2D eigenvalue weighted by Crippen LogP contribution is -2.19. The number of hydrogen-bond acceptors (Lipinski definition) is 4. The molecule has 0 bridgehead atoms. The second-order valence-electron chi connectivity index (χ2n) is 10.8. The molecular formula is C38H34N3O4+. The highest BCUT2D eigenvalue weighted by molar-refractivity contribution is 6.12. The molecule has 2 amide bonds. The maximum atomic E-state index is 12.6. The van der Waals surface area contributed by atoms with E-state index in [-0.39, 0.29) is 31.0 Å². The van der Waals surface area contributed by atoms with Crippen LogP contribution in [0.1, 0.15) is 18.1 Å². The Labute approximate surface area is 261 Å². The van der Waals surface area contributed by atoms with Gasteiger partial charge < -0.3 is 25.6 Å². The van der Waals surface area contributed by atoms with Crippen molar-refractivity contribution in [3.05, 3.63) is 132 Å². The van der Waals surface area contributed by atoms with Crippen LogP contribution in [0.3, 0.4) is 0 Å². The molecule has 0 aliphatic heterocycles. The summed E-state index contributed by atoms with van der Waals surface area (Å²) in [4.78, 5) is 17.1. The predicted octanol–water partition coefficient (Wildman–Crippen LogP) is 8.12. The fourth-order valence-corrected chi connectivity index (χ4v) is 5.31. The zero-order valence-corrected chi connectivity index (χ0v) is 24.8. The Bertz CT molecular complexity index is 2010. The number of nitrogens with one attached hydrogen (secondary N) is 2. The van der Waals surface area contributed by atoms with Gasteiger partial charge in [0.2, 0.25) is 0 Å². The smallest absolute Gasteiger partial charge is 0.323 e. The van der Waals surface area contributed by atoms with E-state index in [9.17, 15) is 9.90 Å². The third kappa shape index (κ3) is 6.64. The van der Waals surface area contributed by atoms with Crippen molar-refractivity contribution in [2.45, 2.75) is 19.6 Å². The van der Waals surface area contributed by atoms with E-state index < -0.39 is 0 Å². The summed E-state index contributed by atoms with van der Waals surface area (Å²) >= 11 is 0. The fourth-order valence-electron chi connectivity index (χ4n) is 5.31. The van der Waals surface area contributed by atoms with Crippen LogP contribution in [0.15, 0.2) is 126 Å². The lowest BCUT2D eigenvalue weighted by Gasteiger charge is -2.19. The zero-order valence-electron chi connectivity index (χ0n) is 24.8. The highest BCUT2D eigenvalue weighted by Crippen LogP contribution is 2.46. The SMILES string of the molecule is C[C@H](C[OH2+])N=Cc1cc2ccccc2c(-c2c(OCc3cccc(NC(=O)Nc4ccccc4)c3)ccc3ccccc23)c1O. The van der Waals surface area contributed by atoms with Crippen molar-refractivity contribution < 1.29 is 19.7 Å². The number of hydrogen-bond donors (Lipinski definition) is 3. The first-order valence-corrected chi connectivity index (χ1v) is 14.8. The Kier molecular flexibility index (Phi) is 8.71. The van der Waals surface area contributed by atoms with Crippen molar-refractivity contribution in [3.63, 3.8) is 0 Å². The number of aromatic hydroxyl groups is 1. The summed E-state index contributed by atoms with van der Waals surface area (Å²) in [6.45, 7) is 2.27. The number of benzene rings is 6. The molecule has 6 aromatic carbocycles. The van der Waals surface area contributed by atoms with Gasteiger partial charge >= 0.3 is 6.03 Å². The molecular weight excluding hydrogens is 562 g/mol. The summed E-state index contributed by atoms with van der Waals surface area (Å²) in [7, 11) is 0. The summed E-state index contributed by atoms with van der Waals surface area (Å²) in [5, 5.41) is 28.9. The zero-order chi connectivity index (χ0) is 31.2. The van der Waals surface area contributed by atoms with E-state index in [1.807, 2.05) is 128 Å². The third-order valence-electron chi connectivity index (χ3n) is 7.57. The number of aliphatic imine (C=N–C) groups is 1. The van der Waals surface area contributed by atoms with E-state index in [1.165, 1.54) is 0 Å². The lowest BCUT2D eigenvalue weighted by atomic mass is 9.90. The number of para-hydroxylation sites is 1. The van der Waals surface area contributed by atoms with Gasteiger partial charge in [-0.1, -0.05) is 84.9 Å². The van der Waals surface area contributed by atoms with Crippen LogP contribution in [0, 0.1) is 0 Å². The van der Waals surface area contributed by atoms with Gasteiger partial charge in [-0.25, -0.2) is 4.79 Å². The minimum atomic E-state index is -0.334. The molecule has 7 nitrogen and oxygen atoms in total. The summed E-state index contributed by atoms with van der Waals surface area (Å²) in [5.41, 5.74) is 4.23. The van der Waals surface area contributed by atoms with Crippen LogP contribution in [0.2, 0.25) is 0 Å². The molecule has 0 radical (unpaired) electrons. The van der Waals surface area contributed by atoms with Crippen molar-refractivity contribution in [3.8, 4) is 22.6 Å². The van der Waals surface area contributed by atoms with Crippen LogP contribution in [-0.4, -0.2) is 35.1 Å². The molecule has 0 fully saturated rings. The molecule has 0 spiro atoms.